The largest absolute Gasteiger partial charge is 0.299 e. The fourth-order valence-corrected chi connectivity index (χ4v) is 3.73. The third-order valence-electron chi connectivity index (χ3n) is 2.96. The van der Waals surface area contributed by atoms with Gasteiger partial charge in [-0.3, -0.25) is 9.00 Å². The van der Waals surface area contributed by atoms with Gasteiger partial charge in [0.2, 0.25) is 0 Å². The molecule has 0 radical (unpaired) electrons. The molecule has 1 aliphatic carbocycles. The van der Waals surface area contributed by atoms with E-state index in [0.29, 0.717) is 12.3 Å². The molecule has 2 nitrogen and oxygen atoms in total. The van der Waals surface area contributed by atoms with Gasteiger partial charge >= 0.3 is 0 Å². The van der Waals surface area contributed by atoms with Gasteiger partial charge in [-0.25, -0.2) is 0 Å². The molecule has 1 fully saturated rings. The van der Waals surface area contributed by atoms with Crippen molar-refractivity contribution in [2.45, 2.75) is 51.2 Å². The molecule has 0 aromatic carbocycles. The van der Waals surface area contributed by atoms with Crippen LogP contribution in [0.2, 0.25) is 0 Å². The second-order valence-electron chi connectivity index (χ2n) is 4.31. The predicted molar refractivity (Wildman–Crippen MR) is 59.7 cm³/mol. The zero-order chi connectivity index (χ0) is 10.6. The Bertz CT molecular complexity index is 225. The first-order valence-electron chi connectivity index (χ1n) is 5.52. The molecule has 1 saturated carbocycles. The molecule has 0 N–H and O–H groups in total. The Morgan fingerprint density at radius 1 is 1.43 bits per heavy atom. The molecule has 0 amide bonds. The van der Waals surface area contributed by atoms with Gasteiger partial charge in [0.25, 0.3) is 0 Å². The lowest BCUT2D eigenvalue weighted by Crippen LogP contribution is -2.27. The lowest BCUT2D eigenvalue weighted by atomic mass is 9.91. The monoisotopic (exact) mass is 216 g/mol. The molecule has 0 aromatic heterocycles. The van der Waals surface area contributed by atoms with E-state index in [1.54, 1.807) is 0 Å². The summed E-state index contributed by atoms with van der Waals surface area (Å²) in [7, 11) is -0.907. The first-order valence-corrected chi connectivity index (χ1v) is 6.90. The molecule has 0 aliphatic heterocycles. The molecule has 1 aliphatic rings. The van der Waals surface area contributed by atoms with Crippen LogP contribution in [0.3, 0.4) is 0 Å². The Balaban J connectivity index is 2.39. The number of Topliss-reactive ketones (excluding diaryl/α,β-unsaturated/α-hetero) is 1. The number of carbonyl (C=O) groups excluding carboxylic acids is 1. The molecule has 1 rings (SSSR count). The van der Waals surface area contributed by atoms with E-state index in [9.17, 15) is 9.00 Å². The van der Waals surface area contributed by atoms with E-state index in [0.717, 1.165) is 12.8 Å². The number of hydrogen-bond donors (Lipinski definition) is 0. The summed E-state index contributed by atoms with van der Waals surface area (Å²) in [4.78, 5) is 11.2. The van der Waals surface area contributed by atoms with Crippen LogP contribution in [-0.2, 0) is 15.6 Å². The predicted octanol–water partition coefficient (Wildman–Crippen LogP) is 2.29. The maximum atomic E-state index is 11.8. The highest BCUT2D eigenvalue weighted by Crippen LogP contribution is 2.27. The summed E-state index contributed by atoms with van der Waals surface area (Å²) in [6, 6.07) is 0. The Kier molecular flexibility index (Phi) is 4.79. The molecule has 82 valence electrons. The van der Waals surface area contributed by atoms with Crippen LogP contribution >= 0.6 is 0 Å². The van der Waals surface area contributed by atoms with Gasteiger partial charge < -0.3 is 0 Å². The SMILES string of the molecule is CCC(=O)CS(=O)C1CCCC(C)C1. The van der Waals surface area contributed by atoms with Crippen LogP contribution in [0, 0.1) is 5.92 Å². The second-order valence-corrected chi connectivity index (χ2v) is 6.03. The lowest BCUT2D eigenvalue weighted by Gasteiger charge is -2.25. The average Bonchev–Trinajstić information content (AvgIpc) is 2.17. The van der Waals surface area contributed by atoms with E-state index in [-0.39, 0.29) is 16.8 Å². The molecule has 0 spiro atoms. The van der Waals surface area contributed by atoms with Gasteiger partial charge in [-0.15, -0.1) is 0 Å². The highest BCUT2D eigenvalue weighted by molar-refractivity contribution is 7.86. The van der Waals surface area contributed by atoms with Crippen molar-refractivity contribution in [3.63, 3.8) is 0 Å². The number of ketones is 1. The van der Waals surface area contributed by atoms with E-state index in [1.165, 1.54) is 12.8 Å². The quantitative estimate of drug-likeness (QED) is 0.722. The zero-order valence-corrected chi connectivity index (χ0v) is 9.94. The fourth-order valence-electron chi connectivity index (χ4n) is 2.00. The summed E-state index contributed by atoms with van der Waals surface area (Å²) in [5, 5.41) is 0.286. The van der Waals surface area contributed by atoms with Crippen LogP contribution in [0.1, 0.15) is 46.0 Å². The molecule has 3 unspecified atom stereocenters. The second kappa shape index (κ2) is 5.64. The zero-order valence-electron chi connectivity index (χ0n) is 9.12. The van der Waals surface area contributed by atoms with E-state index in [2.05, 4.69) is 6.92 Å². The molecular weight excluding hydrogens is 196 g/mol. The molecule has 14 heavy (non-hydrogen) atoms. The molecule has 0 aromatic rings. The van der Waals surface area contributed by atoms with Gasteiger partial charge in [-0.1, -0.05) is 26.7 Å². The number of hydrogen-bond acceptors (Lipinski definition) is 2. The van der Waals surface area contributed by atoms with Crippen molar-refractivity contribution in [3.05, 3.63) is 0 Å². The summed E-state index contributed by atoms with van der Waals surface area (Å²) < 4.78 is 11.8. The van der Waals surface area contributed by atoms with Gasteiger partial charge in [0, 0.05) is 22.5 Å². The van der Waals surface area contributed by atoms with Crippen molar-refractivity contribution < 1.29 is 9.00 Å². The smallest absolute Gasteiger partial charge is 0.145 e. The van der Waals surface area contributed by atoms with Gasteiger partial charge in [0.05, 0.1) is 5.75 Å². The highest BCUT2D eigenvalue weighted by Gasteiger charge is 2.24. The maximum Gasteiger partial charge on any atom is 0.145 e. The fraction of sp³-hybridized carbons (Fsp3) is 0.909. The van der Waals surface area contributed by atoms with Gasteiger partial charge in [0.1, 0.15) is 5.78 Å². The summed E-state index contributed by atoms with van der Waals surface area (Å²) in [5.41, 5.74) is 0. The van der Waals surface area contributed by atoms with Crippen molar-refractivity contribution in [3.8, 4) is 0 Å². The van der Waals surface area contributed by atoms with E-state index >= 15 is 0 Å². The third kappa shape index (κ3) is 3.52. The minimum absolute atomic E-state index is 0.140. The van der Waals surface area contributed by atoms with Crippen LogP contribution in [0.15, 0.2) is 0 Å². The Labute approximate surface area is 88.9 Å². The van der Waals surface area contributed by atoms with Crippen LogP contribution in [0.4, 0.5) is 0 Å². The molecule has 0 bridgehead atoms. The average molecular weight is 216 g/mol. The highest BCUT2D eigenvalue weighted by atomic mass is 32.2. The van der Waals surface area contributed by atoms with Crippen LogP contribution < -0.4 is 0 Å². The molecule has 0 saturated heterocycles. The topological polar surface area (TPSA) is 34.1 Å². The first kappa shape index (κ1) is 11.9. The maximum absolute atomic E-state index is 11.8. The summed E-state index contributed by atoms with van der Waals surface area (Å²) >= 11 is 0. The van der Waals surface area contributed by atoms with Crippen molar-refractivity contribution in [1.29, 1.82) is 0 Å². The molecular formula is C11H20O2S. The van der Waals surface area contributed by atoms with Gasteiger partial charge in [-0.2, -0.15) is 0 Å². The van der Waals surface area contributed by atoms with Crippen LogP contribution in [-0.4, -0.2) is 21.0 Å². The third-order valence-corrected chi connectivity index (χ3v) is 4.74. The van der Waals surface area contributed by atoms with Crippen LogP contribution in [0.5, 0.6) is 0 Å². The normalized spacial score (nSPS) is 29.9. The summed E-state index contributed by atoms with van der Waals surface area (Å²) in [6.07, 6.45) is 5.05. The number of carbonyl (C=O) groups is 1. The summed E-state index contributed by atoms with van der Waals surface area (Å²) in [5.74, 6) is 1.12. The first-order chi connectivity index (χ1) is 6.63. The standard InChI is InChI=1S/C11H20O2S/c1-3-10(12)8-14(13)11-6-4-5-9(2)7-11/h9,11H,3-8H2,1-2H3. The Morgan fingerprint density at radius 2 is 2.14 bits per heavy atom. The van der Waals surface area contributed by atoms with E-state index in [1.807, 2.05) is 6.92 Å². The van der Waals surface area contributed by atoms with Crippen molar-refractivity contribution in [1.82, 2.24) is 0 Å². The van der Waals surface area contributed by atoms with E-state index < -0.39 is 10.8 Å². The van der Waals surface area contributed by atoms with Crippen molar-refractivity contribution >= 4 is 16.6 Å². The minimum atomic E-state index is -0.907. The van der Waals surface area contributed by atoms with Crippen LogP contribution in [0.25, 0.3) is 0 Å². The molecule has 0 heterocycles. The Hall–Kier alpha value is -0.180. The minimum Gasteiger partial charge on any atom is -0.299 e. The van der Waals surface area contributed by atoms with Gasteiger partial charge in [-0.05, 0) is 18.8 Å². The summed E-state index contributed by atoms with van der Waals surface area (Å²) in [6.45, 7) is 4.05. The van der Waals surface area contributed by atoms with E-state index in [4.69, 9.17) is 0 Å². The molecule has 3 heteroatoms. The number of rotatable bonds is 4. The van der Waals surface area contributed by atoms with Gasteiger partial charge in [0.15, 0.2) is 0 Å². The lowest BCUT2D eigenvalue weighted by molar-refractivity contribution is -0.116. The van der Waals surface area contributed by atoms with Crippen molar-refractivity contribution in [2.75, 3.05) is 5.75 Å². The Morgan fingerprint density at radius 3 is 2.71 bits per heavy atom. The van der Waals surface area contributed by atoms with Crippen molar-refractivity contribution in [2.24, 2.45) is 5.92 Å². The molecule has 3 atom stereocenters.